The molecule has 1 amide bonds. The molecular weight excluding hydrogens is 440 g/mol. The Kier molecular flexibility index (Phi) is 7.64. The molecule has 4 rings (SSSR count). The maximum atomic E-state index is 13.3. The van der Waals surface area contributed by atoms with Gasteiger partial charge in [0.15, 0.2) is 0 Å². The van der Waals surface area contributed by atoms with Gasteiger partial charge in [0.05, 0.1) is 12.6 Å². The molecule has 0 radical (unpaired) electrons. The summed E-state index contributed by atoms with van der Waals surface area (Å²) in [6.07, 6.45) is -0.379. The van der Waals surface area contributed by atoms with Crippen molar-refractivity contribution < 1.29 is 17.9 Å². The molecule has 0 aromatic heterocycles. The quantitative estimate of drug-likeness (QED) is 0.646. The molecule has 2 aliphatic heterocycles. The zero-order chi connectivity index (χ0) is 23.3. The predicted octanol–water partition coefficient (Wildman–Crippen LogP) is 2.41. The van der Waals surface area contributed by atoms with E-state index in [1.807, 2.05) is 36.4 Å². The standard InChI is InChI=1S/C24H32N4O4S/c1-2-32-24(29)26-15-19-28(20-16-26)33(30,31)27-17-13-25(14-18-27)23(21-9-5-3-6-10-21)22-11-7-4-8-12-22/h3-12,23H,2,13-20H2,1H3. The Bertz CT molecular complexity index is 964. The van der Waals surface area contributed by atoms with Crippen LogP contribution < -0.4 is 0 Å². The van der Waals surface area contributed by atoms with Crippen molar-refractivity contribution in [1.82, 2.24) is 18.4 Å². The minimum atomic E-state index is -3.56. The monoisotopic (exact) mass is 472 g/mol. The van der Waals surface area contributed by atoms with Gasteiger partial charge in [-0.3, -0.25) is 4.90 Å². The Morgan fingerprint density at radius 3 is 1.70 bits per heavy atom. The normalized spacial score (nSPS) is 19.0. The summed E-state index contributed by atoms with van der Waals surface area (Å²) in [4.78, 5) is 15.8. The maximum absolute atomic E-state index is 13.3. The first-order valence-electron chi connectivity index (χ1n) is 11.5. The number of ether oxygens (including phenoxy) is 1. The molecule has 2 heterocycles. The number of hydrogen-bond donors (Lipinski definition) is 0. The van der Waals surface area contributed by atoms with Crippen molar-refractivity contribution in [2.24, 2.45) is 0 Å². The van der Waals surface area contributed by atoms with E-state index in [1.165, 1.54) is 15.4 Å². The Labute approximate surface area is 196 Å². The van der Waals surface area contributed by atoms with Crippen LogP contribution in [0.5, 0.6) is 0 Å². The second-order valence-electron chi connectivity index (χ2n) is 8.25. The Morgan fingerprint density at radius 2 is 1.24 bits per heavy atom. The zero-order valence-electron chi connectivity index (χ0n) is 19.0. The topological polar surface area (TPSA) is 73.4 Å². The molecule has 8 nitrogen and oxygen atoms in total. The highest BCUT2D eigenvalue weighted by atomic mass is 32.2. The highest BCUT2D eigenvalue weighted by Gasteiger charge is 2.36. The molecule has 2 aliphatic rings. The van der Waals surface area contributed by atoms with Crippen LogP contribution in [0.3, 0.4) is 0 Å². The van der Waals surface area contributed by atoms with Gasteiger partial charge in [-0.25, -0.2) is 4.79 Å². The van der Waals surface area contributed by atoms with Gasteiger partial charge in [0.25, 0.3) is 10.2 Å². The molecule has 0 N–H and O–H groups in total. The van der Waals surface area contributed by atoms with Crippen LogP contribution in [-0.2, 0) is 14.9 Å². The lowest BCUT2D eigenvalue weighted by Crippen LogP contribution is -2.57. The van der Waals surface area contributed by atoms with Crippen molar-refractivity contribution >= 4 is 16.3 Å². The molecule has 2 saturated heterocycles. The number of piperazine rings is 2. The Hall–Kier alpha value is -2.46. The van der Waals surface area contributed by atoms with Gasteiger partial charge in [0.1, 0.15) is 0 Å². The van der Waals surface area contributed by atoms with Gasteiger partial charge in [0, 0.05) is 52.4 Å². The minimum Gasteiger partial charge on any atom is -0.450 e. The molecule has 0 spiro atoms. The van der Waals surface area contributed by atoms with E-state index < -0.39 is 10.2 Å². The summed E-state index contributed by atoms with van der Waals surface area (Å²) in [6.45, 7) is 5.54. The van der Waals surface area contributed by atoms with Crippen LogP contribution in [0.4, 0.5) is 4.79 Å². The molecule has 0 bridgehead atoms. The lowest BCUT2D eigenvalue weighted by molar-refractivity contribution is 0.0912. The highest BCUT2D eigenvalue weighted by Crippen LogP contribution is 2.30. The summed E-state index contributed by atoms with van der Waals surface area (Å²) in [5, 5.41) is 0. The molecule has 0 atom stereocenters. The maximum Gasteiger partial charge on any atom is 0.409 e. The first-order valence-corrected chi connectivity index (χ1v) is 12.9. The average molecular weight is 473 g/mol. The van der Waals surface area contributed by atoms with Crippen molar-refractivity contribution in [3.8, 4) is 0 Å². The largest absolute Gasteiger partial charge is 0.450 e. The third kappa shape index (κ3) is 5.38. The second-order valence-corrected chi connectivity index (χ2v) is 10.2. The summed E-state index contributed by atoms with van der Waals surface area (Å²) in [5.41, 5.74) is 2.41. The molecule has 178 valence electrons. The smallest absolute Gasteiger partial charge is 0.409 e. The molecular formula is C24H32N4O4S. The number of amides is 1. The van der Waals surface area contributed by atoms with E-state index in [2.05, 4.69) is 29.2 Å². The van der Waals surface area contributed by atoms with E-state index in [4.69, 9.17) is 4.74 Å². The number of nitrogens with zero attached hydrogens (tertiary/aromatic N) is 4. The lowest BCUT2D eigenvalue weighted by Gasteiger charge is -2.41. The number of benzene rings is 2. The van der Waals surface area contributed by atoms with Gasteiger partial charge in [0.2, 0.25) is 0 Å². The van der Waals surface area contributed by atoms with Crippen LogP contribution in [-0.4, -0.2) is 91.9 Å². The number of carbonyl (C=O) groups excluding carboxylic acids is 1. The summed E-state index contributed by atoms with van der Waals surface area (Å²) in [5.74, 6) is 0. The van der Waals surface area contributed by atoms with E-state index >= 15 is 0 Å². The molecule has 33 heavy (non-hydrogen) atoms. The van der Waals surface area contributed by atoms with Crippen molar-refractivity contribution in [3.63, 3.8) is 0 Å². The van der Waals surface area contributed by atoms with Gasteiger partial charge in [-0.2, -0.15) is 17.0 Å². The fraction of sp³-hybridized carbons (Fsp3) is 0.458. The van der Waals surface area contributed by atoms with Crippen LogP contribution in [0.1, 0.15) is 24.1 Å². The van der Waals surface area contributed by atoms with Crippen LogP contribution in [0.2, 0.25) is 0 Å². The third-order valence-electron chi connectivity index (χ3n) is 6.29. The van der Waals surface area contributed by atoms with E-state index in [-0.39, 0.29) is 25.2 Å². The zero-order valence-corrected chi connectivity index (χ0v) is 19.9. The second kappa shape index (κ2) is 10.6. The molecule has 2 aromatic carbocycles. The minimum absolute atomic E-state index is 0.0883. The Morgan fingerprint density at radius 1 is 0.788 bits per heavy atom. The summed E-state index contributed by atoms with van der Waals surface area (Å²) in [6, 6.07) is 20.8. The third-order valence-corrected chi connectivity index (χ3v) is 8.32. The van der Waals surface area contributed by atoms with Crippen LogP contribution in [0.25, 0.3) is 0 Å². The number of carbonyl (C=O) groups is 1. The van der Waals surface area contributed by atoms with E-state index in [0.717, 1.165) is 0 Å². The molecule has 0 unspecified atom stereocenters. The molecule has 0 aliphatic carbocycles. The van der Waals surface area contributed by atoms with Gasteiger partial charge in [-0.1, -0.05) is 60.7 Å². The van der Waals surface area contributed by atoms with E-state index in [0.29, 0.717) is 45.9 Å². The van der Waals surface area contributed by atoms with Crippen LogP contribution in [0.15, 0.2) is 60.7 Å². The fourth-order valence-corrected chi connectivity index (χ4v) is 6.13. The van der Waals surface area contributed by atoms with Crippen LogP contribution in [0, 0.1) is 0 Å². The van der Waals surface area contributed by atoms with E-state index in [1.54, 1.807) is 16.1 Å². The highest BCUT2D eigenvalue weighted by molar-refractivity contribution is 7.86. The number of hydrogen-bond acceptors (Lipinski definition) is 5. The van der Waals surface area contributed by atoms with Crippen molar-refractivity contribution in [2.45, 2.75) is 13.0 Å². The molecule has 0 saturated carbocycles. The molecule has 2 fully saturated rings. The first kappa shape index (κ1) is 23.7. The Balaban J connectivity index is 1.41. The number of rotatable bonds is 6. The fourth-order valence-electron chi connectivity index (χ4n) is 4.56. The van der Waals surface area contributed by atoms with Crippen molar-refractivity contribution in [2.75, 3.05) is 59.0 Å². The van der Waals surface area contributed by atoms with Gasteiger partial charge in [-0.05, 0) is 18.1 Å². The average Bonchev–Trinajstić information content (AvgIpc) is 2.86. The SMILES string of the molecule is CCOC(=O)N1CCN(S(=O)(=O)N2CCN(C(c3ccccc3)c3ccccc3)CC2)CC1. The predicted molar refractivity (Wildman–Crippen MR) is 127 cm³/mol. The molecule has 2 aromatic rings. The summed E-state index contributed by atoms with van der Waals surface area (Å²) < 4.78 is 34.6. The summed E-state index contributed by atoms with van der Waals surface area (Å²) >= 11 is 0. The van der Waals surface area contributed by atoms with Crippen molar-refractivity contribution in [3.05, 3.63) is 71.8 Å². The van der Waals surface area contributed by atoms with Crippen LogP contribution >= 0.6 is 0 Å². The lowest BCUT2D eigenvalue weighted by atomic mass is 9.96. The van der Waals surface area contributed by atoms with E-state index in [9.17, 15) is 13.2 Å². The summed E-state index contributed by atoms with van der Waals surface area (Å²) in [7, 11) is -3.56. The molecule has 9 heteroatoms. The van der Waals surface area contributed by atoms with Crippen molar-refractivity contribution in [1.29, 1.82) is 0 Å². The van der Waals surface area contributed by atoms with Gasteiger partial charge >= 0.3 is 6.09 Å². The van der Waals surface area contributed by atoms with Gasteiger partial charge in [-0.15, -0.1) is 0 Å². The van der Waals surface area contributed by atoms with Gasteiger partial charge < -0.3 is 9.64 Å². The first-order chi connectivity index (χ1) is 16.0.